The van der Waals surface area contributed by atoms with E-state index in [4.69, 9.17) is 9.16 Å². The van der Waals surface area contributed by atoms with Crippen molar-refractivity contribution in [2.45, 2.75) is 58.2 Å². The summed E-state index contributed by atoms with van der Waals surface area (Å²) >= 11 is 0. The number of ether oxygens (including phenoxy) is 1. The highest BCUT2D eigenvalue weighted by molar-refractivity contribution is 6.74. The van der Waals surface area contributed by atoms with Crippen molar-refractivity contribution in [3.05, 3.63) is 35.9 Å². The van der Waals surface area contributed by atoms with Crippen LogP contribution in [0, 0.1) is 0 Å². The van der Waals surface area contributed by atoms with E-state index in [2.05, 4.69) is 58.2 Å². The minimum Gasteiger partial charge on any atom is -0.497 e. The summed E-state index contributed by atoms with van der Waals surface area (Å²) in [4.78, 5) is 0. The maximum absolute atomic E-state index is 6.19. The quantitative estimate of drug-likeness (QED) is 0.438. The lowest BCUT2D eigenvalue weighted by Gasteiger charge is -2.36. The second kappa shape index (κ2) is 8.54. The first-order chi connectivity index (χ1) is 10.3. The fourth-order valence-electron chi connectivity index (χ4n) is 1.84. The van der Waals surface area contributed by atoms with E-state index in [1.807, 2.05) is 12.1 Å². The summed E-state index contributed by atoms with van der Waals surface area (Å²) in [5, 5.41) is 0.307. The van der Waals surface area contributed by atoms with E-state index in [0.29, 0.717) is 5.04 Å². The first-order valence-corrected chi connectivity index (χ1v) is 11.1. The van der Waals surface area contributed by atoms with Gasteiger partial charge in [-0.2, -0.15) is 0 Å². The van der Waals surface area contributed by atoms with Crippen molar-refractivity contribution in [1.82, 2.24) is 0 Å². The van der Waals surface area contributed by atoms with Gasteiger partial charge in [0.25, 0.3) is 0 Å². The van der Waals surface area contributed by atoms with Gasteiger partial charge in [-0.25, -0.2) is 0 Å². The highest BCUT2D eigenvalue weighted by Gasteiger charge is 2.36. The van der Waals surface area contributed by atoms with Gasteiger partial charge < -0.3 is 9.16 Å². The Morgan fingerprint density at radius 1 is 1.05 bits per heavy atom. The molecule has 0 aliphatic heterocycles. The number of rotatable bonds is 8. The molecule has 0 atom stereocenters. The molecule has 0 fully saturated rings. The van der Waals surface area contributed by atoms with E-state index in [0.717, 1.165) is 25.2 Å². The molecule has 0 amide bonds. The van der Waals surface area contributed by atoms with Crippen molar-refractivity contribution in [2.24, 2.45) is 0 Å². The summed E-state index contributed by atoms with van der Waals surface area (Å²) in [5.41, 5.74) is 1.22. The maximum atomic E-state index is 6.19. The van der Waals surface area contributed by atoms with Crippen LogP contribution in [0.15, 0.2) is 30.3 Å². The van der Waals surface area contributed by atoms with Gasteiger partial charge in [0, 0.05) is 6.61 Å². The fourth-order valence-corrected chi connectivity index (χ4v) is 2.93. The highest BCUT2D eigenvalue weighted by Crippen LogP contribution is 2.36. The molecule has 3 heteroatoms. The average Bonchev–Trinajstić information content (AvgIpc) is 2.45. The second-order valence-corrected chi connectivity index (χ2v) is 12.1. The molecular formula is C19H32O2Si. The Bertz CT molecular complexity index is 455. The summed E-state index contributed by atoms with van der Waals surface area (Å²) in [6.07, 6.45) is 7.84. The molecule has 0 heterocycles. The van der Waals surface area contributed by atoms with Crippen LogP contribution in [0.5, 0.6) is 5.75 Å². The van der Waals surface area contributed by atoms with E-state index in [1.165, 1.54) is 12.0 Å². The lowest BCUT2D eigenvalue weighted by atomic mass is 10.1. The molecule has 0 aliphatic carbocycles. The Labute approximate surface area is 137 Å². The summed E-state index contributed by atoms with van der Waals surface area (Å²) in [7, 11) is 0.126. The molecule has 0 spiro atoms. The van der Waals surface area contributed by atoms with E-state index in [-0.39, 0.29) is 0 Å². The third-order valence-corrected chi connectivity index (χ3v) is 9.00. The summed E-state index contributed by atoms with van der Waals surface area (Å²) < 4.78 is 11.3. The van der Waals surface area contributed by atoms with E-state index in [1.54, 1.807) is 7.11 Å². The molecule has 22 heavy (non-hydrogen) atoms. The standard InChI is InChI=1S/C19H32O2Si/c1-19(2,3)22(5,6)21-16-10-8-7-9-11-17-12-14-18(20-4)15-13-17/h9,11-15H,7-8,10,16H2,1-6H3/b11-9+. The van der Waals surface area contributed by atoms with Crippen molar-refractivity contribution in [2.75, 3.05) is 13.7 Å². The van der Waals surface area contributed by atoms with Crippen molar-refractivity contribution in [3.63, 3.8) is 0 Å². The first-order valence-electron chi connectivity index (χ1n) is 8.21. The molecule has 0 N–H and O–H groups in total. The fraction of sp³-hybridized carbons (Fsp3) is 0.579. The predicted molar refractivity (Wildman–Crippen MR) is 99.0 cm³/mol. The maximum Gasteiger partial charge on any atom is 0.191 e. The zero-order valence-corrected chi connectivity index (χ0v) is 16.1. The lowest BCUT2D eigenvalue weighted by molar-refractivity contribution is 0.279. The molecule has 1 aromatic carbocycles. The van der Waals surface area contributed by atoms with Gasteiger partial charge in [-0.3, -0.25) is 0 Å². The van der Waals surface area contributed by atoms with Crippen LogP contribution in [0.3, 0.4) is 0 Å². The molecule has 1 aromatic rings. The van der Waals surface area contributed by atoms with E-state index >= 15 is 0 Å². The van der Waals surface area contributed by atoms with E-state index < -0.39 is 8.32 Å². The van der Waals surface area contributed by atoms with Gasteiger partial charge in [0.1, 0.15) is 5.75 Å². The zero-order chi connectivity index (χ0) is 16.6. The Morgan fingerprint density at radius 3 is 2.23 bits per heavy atom. The molecule has 2 nitrogen and oxygen atoms in total. The third-order valence-electron chi connectivity index (χ3n) is 4.46. The SMILES string of the molecule is COc1ccc(/C=C/CCCCO[Si](C)(C)C(C)(C)C)cc1. The largest absolute Gasteiger partial charge is 0.497 e. The molecular weight excluding hydrogens is 288 g/mol. The van der Waals surface area contributed by atoms with Crippen molar-refractivity contribution < 1.29 is 9.16 Å². The summed E-state index contributed by atoms with van der Waals surface area (Å²) in [6.45, 7) is 12.4. The minimum absolute atomic E-state index is 0.307. The van der Waals surface area contributed by atoms with Crippen LogP contribution < -0.4 is 4.74 Å². The minimum atomic E-state index is -1.56. The lowest BCUT2D eigenvalue weighted by Crippen LogP contribution is -2.40. The Balaban J connectivity index is 2.21. The van der Waals surface area contributed by atoms with Crippen molar-refractivity contribution in [3.8, 4) is 5.75 Å². The Kier molecular flexibility index (Phi) is 7.37. The van der Waals surface area contributed by atoms with Gasteiger partial charge in [-0.1, -0.05) is 45.1 Å². The van der Waals surface area contributed by atoms with Crippen LogP contribution in [0.25, 0.3) is 6.08 Å². The molecule has 124 valence electrons. The predicted octanol–water partition coefficient (Wildman–Crippen LogP) is 5.90. The Hall–Kier alpha value is -1.06. The third kappa shape index (κ3) is 6.37. The average molecular weight is 321 g/mol. The number of allylic oxidation sites excluding steroid dienone is 1. The van der Waals surface area contributed by atoms with Crippen LogP contribution in [0.2, 0.25) is 18.1 Å². The van der Waals surface area contributed by atoms with Crippen LogP contribution in [-0.4, -0.2) is 22.0 Å². The summed E-state index contributed by atoms with van der Waals surface area (Å²) in [6, 6.07) is 8.14. The van der Waals surface area contributed by atoms with Gasteiger partial charge in [0.05, 0.1) is 7.11 Å². The Morgan fingerprint density at radius 2 is 1.68 bits per heavy atom. The molecule has 0 aromatic heterocycles. The first kappa shape index (κ1) is 19.0. The van der Waals surface area contributed by atoms with Crippen LogP contribution in [-0.2, 0) is 4.43 Å². The van der Waals surface area contributed by atoms with Gasteiger partial charge >= 0.3 is 0 Å². The van der Waals surface area contributed by atoms with Gasteiger partial charge in [0.15, 0.2) is 8.32 Å². The second-order valence-electron chi connectivity index (χ2n) is 7.28. The normalized spacial score (nSPS) is 12.8. The van der Waals surface area contributed by atoms with Gasteiger partial charge in [0.2, 0.25) is 0 Å². The number of unbranched alkanes of at least 4 members (excludes halogenated alkanes) is 2. The smallest absolute Gasteiger partial charge is 0.191 e. The zero-order valence-electron chi connectivity index (χ0n) is 15.1. The molecule has 0 unspecified atom stereocenters. The molecule has 0 radical (unpaired) electrons. The summed E-state index contributed by atoms with van der Waals surface area (Å²) in [5.74, 6) is 0.903. The molecule has 0 saturated carbocycles. The molecule has 0 bridgehead atoms. The van der Waals surface area contributed by atoms with Crippen LogP contribution in [0.1, 0.15) is 45.6 Å². The molecule has 1 rings (SSSR count). The monoisotopic (exact) mass is 320 g/mol. The number of benzene rings is 1. The van der Waals surface area contributed by atoms with Gasteiger partial charge in [-0.05, 0) is 55.1 Å². The van der Waals surface area contributed by atoms with Gasteiger partial charge in [-0.15, -0.1) is 0 Å². The number of methoxy groups -OCH3 is 1. The molecule has 0 saturated heterocycles. The molecule has 0 aliphatic rings. The van der Waals surface area contributed by atoms with E-state index in [9.17, 15) is 0 Å². The van der Waals surface area contributed by atoms with Crippen molar-refractivity contribution in [1.29, 1.82) is 0 Å². The van der Waals surface area contributed by atoms with Crippen LogP contribution in [0.4, 0.5) is 0 Å². The highest BCUT2D eigenvalue weighted by atomic mass is 28.4. The van der Waals surface area contributed by atoms with Crippen molar-refractivity contribution >= 4 is 14.4 Å². The van der Waals surface area contributed by atoms with Crippen LogP contribution >= 0.6 is 0 Å². The topological polar surface area (TPSA) is 18.5 Å². The number of hydrogen-bond acceptors (Lipinski definition) is 2. The number of hydrogen-bond donors (Lipinski definition) is 0.